The van der Waals surface area contributed by atoms with Gasteiger partial charge in [0, 0.05) is 12.8 Å². The Labute approximate surface area is 441 Å². The number of phosphoric acid groups is 1. The van der Waals surface area contributed by atoms with E-state index < -0.39 is 26.5 Å². The van der Waals surface area contributed by atoms with E-state index in [1.165, 1.54) is 64.2 Å². The first-order chi connectivity index (χ1) is 35.0. The molecule has 0 aliphatic rings. The van der Waals surface area contributed by atoms with Crippen LogP contribution in [0.2, 0.25) is 0 Å². The molecule has 0 spiro atoms. The summed E-state index contributed by atoms with van der Waals surface area (Å²) >= 11 is 0. The van der Waals surface area contributed by atoms with E-state index >= 15 is 0 Å². The second-order valence-electron chi connectivity index (χ2n) is 19.6. The first kappa shape index (κ1) is 68.4. The Bertz CT molecular complexity index is 1630. The van der Waals surface area contributed by atoms with E-state index in [-0.39, 0.29) is 32.0 Å². The Morgan fingerprint density at radius 3 is 1.11 bits per heavy atom. The van der Waals surface area contributed by atoms with E-state index in [1.807, 2.05) is 21.1 Å². The number of carbonyl (C=O) groups is 2. The molecule has 0 saturated heterocycles. The lowest BCUT2D eigenvalue weighted by Crippen LogP contribution is -2.37. The molecule has 0 aromatic heterocycles. The van der Waals surface area contributed by atoms with Crippen LogP contribution in [0.5, 0.6) is 0 Å². The maximum atomic E-state index is 12.8. The van der Waals surface area contributed by atoms with E-state index in [4.69, 9.17) is 18.5 Å². The summed E-state index contributed by atoms with van der Waals surface area (Å²) in [5.41, 5.74) is 0. The fourth-order valence-electron chi connectivity index (χ4n) is 7.19. The molecule has 0 saturated carbocycles. The fraction of sp³-hybridized carbons (Fsp3) is 0.645. The predicted octanol–water partition coefficient (Wildman–Crippen LogP) is 17.6. The SMILES string of the molecule is CC/C=C\C/C=C\C/C=C\C/C=C\C/C=C\C/C=C\CCCCCCC(=O)OC(COC(=O)CCCCCCCCCCCCCC/C=C\C/C=C\C/C=C\C/C=C\CC)COP(=O)(O)OCC[N+](C)(C)C. The molecule has 0 fully saturated rings. The number of carbonyl (C=O) groups excluding carboxylic acids is 2. The molecule has 0 aliphatic carbocycles. The molecule has 0 amide bonds. The van der Waals surface area contributed by atoms with Crippen LogP contribution < -0.4 is 0 Å². The zero-order chi connectivity index (χ0) is 52.7. The van der Waals surface area contributed by atoms with Gasteiger partial charge in [-0.15, -0.1) is 0 Å². The Kier molecular flexibility index (Phi) is 49.7. The number of likely N-dealkylation sites (N-methyl/N-ethyl adjacent to an activating group) is 1. The van der Waals surface area contributed by atoms with Crippen LogP contribution >= 0.6 is 7.82 Å². The minimum Gasteiger partial charge on any atom is -0.462 e. The van der Waals surface area contributed by atoms with Crippen LogP contribution in [0.3, 0.4) is 0 Å². The number of hydrogen-bond acceptors (Lipinski definition) is 7. The summed E-state index contributed by atoms with van der Waals surface area (Å²) < 4.78 is 34.5. The molecule has 410 valence electrons. The van der Waals surface area contributed by atoms with E-state index in [2.05, 4.69) is 135 Å². The third kappa shape index (κ3) is 55.7. The number of ether oxygens (including phenoxy) is 2. The maximum Gasteiger partial charge on any atom is 0.472 e. The van der Waals surface area contributed by atoms with E-state index in [9.17, 15) is 19.0 Å². The van der Waals surface area contributed by atoms with Crippen LogP contribution in [-0.2, 0) is 32.7 Å². The Balaban J connectivity index is 4.26. The summed E-state index contributed by atoms with van der Waals surface area (Å²) in [6, 6.07) is 0. The van der Waals surface area contributed by atoms with Crippen molar-refractivity contribution >= 4 is 19.8 Å². The van der Waals surface area contributed by atoms with Crippen molar-refractivity contribution in [1.29, 1.82) is 0 Å². The first-order valence-corrected chi connectivity index (χ1v) is 29.8. The van der Waals surface area contributed by atoms with Crippen molar-refractivity contribution in [3.63, 3.8) is 0 Å². The minimum atomic E-state index is -4.40. The molecule has 0 aliphatic heterocycles. The van der Waals surface area contributed by atoms with E-state index in [0.717, 1.165) is 109 Å². The molecule has 1 N–H and O–H groups in total. The lowest BCUT2D eigenvalue weighted by atomic mass is 10.0. The normalized spacial score (nSPS) is 14.2. The zero-order valence-electron chi connectivity index (χ0n) is 46.4. The molecule has 0 radical (unpaired) electrons. The van der Waals surface area contributed by atoms with Gasteiger partial charge in [0.05, 0.1) is 27.7 Å². The summed E-state index contributed by atoms with van der Waals surface area (Å²) in [6.45, 7) is 4.16. The van der Waals surface area contributed by atoms with Crippen molar-refractivity contribution in [1.82, 2.24) is 0 Å². The third-order valence-corrected chi connectivity index (χ3v) is 12.5. The standard InChI is InChI=1S/C62H104NO8P/c1-6-8-10-12-14-16-18-20-22-24-26-28-30-31-33-34-36-38-40-42-44-46-48-50-52-54-61(64)68-58-60(59-70-72(66,67)69-57-56-63(3,4)5)71-62(65)55-53-51-49-47-45-43-41-39-37-35-32-29-27-25-23-21-19-17-15-13-11-9-7-2/h8-11,14-17,20-23,26-29,35,37,41,43,60H,6-7,12-13,18-19,24-25,30-34,36,38-40,42,44-59H2,1-5H3/p+1/b10-8-,11-9-,16-14-,17-15-,22-20-,23-21-,28-26-,29-27-,37-35-,43-41-. The van der Waals surface area contributed by atoms with Gasteiger partial charge in [-0.25, -0.2) is 4.57 Å². The van der Waals surface area contributed by atoms with Gasteiger partial charge in [-0.2, -0.15) is 0 Å². The van der Waals surface area contributed by atoms with Gasteiger partial charge in [0.25, 0.3) is 0 Å². The van der Waals surface area contributed by atoms with Crippen molar-refractivity contribution < 1.29 is 42.1 Å². The second kappa shape index (κ2) is 52.3. The molecule has 0 bridgehead atoms. The minimum absolute atomic E-state index is 0.0193. The first-order valence-electron chi connectivity index (χ1n) is 28.3. The molecule has 2 atom stereocenters. The van der Waals surface area contributed by atoms with Gasteiger partial charge in [0.15, 0.2) is 6.10 Å². The van der Waals surface area contributed by atoms with Gasteiger partial charge < -0.3 is 18.9 Å². The lowest BCUT2D eigenvalue weighted by Gasteiger charge is -2.24. The molecule has 72 heavy (non-hydrogen) atoms. The van der Waals surface area contributed by atoms with E-state index in [1.54, 1.807) is 0 Å². The van der Waals surface area contributed by atoms with Crippen molar-refractivity contribution in [2.45, 2.75) is 213 Å². The Morgan fingerprint density at radius 1 is 0.431 bits per heavy atom. The van der Waals surface area contributed by atoms with Crippen LogP contribution in [-0.4, -0.2) is 74.9 Å². The largest absolute Gasteiger partial charge is 0.472 e. The number of esters is 2. The maximum absolute atomic E-state index is 12.8. The van der Waals surface area contributed by atoms with Gasteiger partial charge in [-0.1, -0.05) is 212 Å². The third-order valence-electron chi connectivity index (χ3n) is 11.5. The van der Waals surface area contributed by atoms with Crippen LogP contribution in [0.4, 0.5) is 0 Å². The monoisotopic (exact) mass is 1020 g/mol. The average molecular weight is 1020 g/mol. The smallest absolute Gasteiger partial charge is 0.462 e. The second-order valence-corrected chi connectivity index (χ2v) is 21.0. The fourth-order valence-corrected chi connectivity index (χ4v) is 7.93. The highest BCUT2D eigenvalue weighted by Crippen LogP contribution is 2.43. The van der Waals surface area contributed by atoms with Crippen molar-refractivity contribution in [3.8, 4) is 0 Å². The summed E-state index contributed by atoms with van der Waals surface area (Å²) in [4.78, 5) is 35.7. The quantitative estimate of drug-likeness (QED) is 0.0211. The molecule has 10 heteroatoms. The van der Waals surface area contributed by atoms with Crippen LogP contribution in [0.1, 0.15) is 206 Å². The molecule has 9 nitrogen and oxygen atoms in total. The summed E-state index contributed by atoms with van der Waals surface area (Å²) in [5, 5.41) is 0. The van der Waals surface area contributed by atoms with Crippen LogP contribution in [0.15, 0.2) is 122 Å². The Hall–Kier alpha value is -3.59. The van der Waals surface area contributed by atoms with Crippen molar-refractivity contribution in [2.75, 3.05) is 47.5 Å². The summed E-state index contributed by atoms with van der Waals surface area (Å²) in [7, 11) is 1.44. The number of unbranched alkanes of at least 4 members (excludes halogenated alkanes) is 16. The van der Waals surface area contributed by atoms with Crippen LogP contribution in [0.25, 0.3) is 0 Å². The molecule has 0 aromatic rings. The molecule has 0 aromatic carbocycles. The molecular formula is C62H105NO8P+. The van der Waals surface area contributed by atoms with Crippen molar-refractivity contribution in [2.24, 2.45) is 0 Å². The highest BCUT2D eigenvalue weighted by molar-refractivity contribution is 7.47. The topological polar surface area (TPSA) is 108 Å². The molecule has 0 heterocycles. The van der Waals surface area contributed by atoms with Crippen molar-refractivity contribution in [3.05, 3.63) is 122 Å². The number of rotatable bonds is 50. The zero-order valence-corrected chi connectivity index (χ0v) is 47.3. The number of hydrogen-bond donors (Lipinski definition) is 1. The van der Waals surface area contributed by atoms with Gasteiger partial charge >= 0.3 is 19.8 Å². The number of phosphoric ester groups is 1. The summed E-state index contributed by atoms with van der Waals surface area (Å²) in [6.07, 6.45) is 74.0. The highest BCUT2D eigenvalue weighted by atomic mass is 31.2. The molecular weight excluding hydrogens is 918 g/mol. The average Bonchev–Trinajstić information content (AvgIpc) is 3.34. The van der Waals surface area contributed by atoms with Gasteiger partial charge in [-0.05, 0) is 103 Å². The Morgan fingerprint density at radius 2 is 0.750 bits per heavy atom. The molecule has 2 unspecified atom stereocenters. The number of quaternary nitrogens is 1. The van der Waals surface area contributed by atoms with Gasteiger partial charge in [-0.3, -0.25) is 18.6 Å². The predicted molar refractivity (Wildman–Crippen MR) is 307 cm³/mol. The van der Waals surface area contributed by atoms with Gasteiger partial charge in [0.1, 0.15) is 19.8 Å². The number of nitrogens with zero attached hydrogens (tertiary/aromatic N) is 1. The van der Waals surface area contributed by atoms with Crippen LogP contribution in [0, 0.1) is 0 Å². The lowest BCUT2D eigenvalue weighted by molar-refractivity contribution is -0.870. The highest BCUT2D eigenvalue weighted by Gasteiger charge is 2.27. The summed E-state index contributed by atoms with van der Waals surface area (Å²) in [5.74, 6) is -0.836. The van der Waals surface area contributed by atoms with Gasteiger partial charge in [0.2, 0.25) is 0 Å². The number of allylic oxidation sites excluding steroid dienone is 20. The molecule has 0 rings (SSSR count). The van der Waals surface area contributed by atoms with E-state index in [0.29, 0.717) is 17.4 Å².